The number of anilines is 1. The van der Waals surface area contributed by atoms with Crippen LogP contribution < -0.4 is 4.90 Å². The van der Waals surface area contributed by atoms with Crippen LogP contribution in [-0.4, -0.2) is 29.3 Å². The van der Waals surface area contributed by atoms with E-state index < -0.39 is 0 Å². The average Bonchev–Trinajstić information content (AvgIpc) is 2.39. The third kappa shape index (κ3) is 2.38. The molecule has 4 nitrogen and oxygen atoms in total. The second-order valence-corrected chi connectivity index (χ2v) is 4.30. The maximum atomic E-state index is 10.5. The average molecular weight is 219 g/mol. The van der Waals surface area contributed by atoms with E-state index in [1.54, 1.807) is 12.4 Å². The van der Waals surface area contributed by atoms with Crippen LogP contribution in [0.5, 0.6) is 0 Å². The van der Waals surface area contributed by atoms with E-state index in [4.69, 9.17) is 0 Å². The zero-order valence-corrected chi connectivity index (χ0v) is 9.59. The predicted octanol–water partition coefficient (Wildman–Crippen LogP) is 1.92. The fourth-order valence-electron chi connectivity index (χ4n) is 2.14. The summed E-state index contributed by atoms with van der Waals surface area (Å²) in [5.41, 5.74) is 0.535. The lowest BCUT2D eigenvalue weighted by molar-refractivity contribution is 0.112. The van der Waals surface area contributed by atoms with Crippen LogP contribution in [0.2, 0.25) is 0 Å². The molecular weight excluding hydrogens is 202 g/mol. The summed E-state index contributed by atoms with van der Waals surface area (Å²) in [6.07, 6.45) is 7.67. The molecule has 16 heavy (non-hydrogen) atoms. The molecule has 2 rings (SSSR count). The molecule has 1 unspecified atom stereocenters. The number of piperidine rings is 1. The molecule has 0 N–H and O–H groups in total. The Labute approximate surface area is 95.7 Å². The van der Waals surface area contributed by atoms with Crippen LogP contribution in [0.1, 0.15) is 36.5 Å². The van der Waals surface area contributed by atoms with E-state index in [2.05, 4.69) is 21.8 Å². The van der Waals surface area contributed by atoms with Crippen molar-refractivity contribution in [3.8, 4) is 0 Å². The number of nitrogens with zero attached hydrogens (tertiary/aromatic N) is 3. The fourth-order valence-corrected chi connectivity index (χ4v) is 2.14. The number of aromatic nitrogens is 2. The zero-order valence-electron chi connectivity index (χ0n) is 9.59. The summed E-state index contributed by atoms with van der Waals surface area (Å²) in [6.45, 7) is 4.29. The Kier molecular flexibility index (Phi) is 3.49. The molecule has 1 fully saturated rings. The molecule has 86 valence electrons. The highest BCUT2D eigenvalue weighted by Gasteiger charge is 2.20. The van der Waals surface area contributed by atoms with Crippen molar-refractivity contribution in [1.29, 1.82) is 0 Å². The predicted molar refractivity (Wildman–Crippen MR) is 62.6 cm³/mol. The number of carbonyl (C=O) groups is 1. The van der Waals surface area contributed by atoms with Gasteiger partial charge in [0.05, 0.1) is 5.56 Å². The number of hydrogen-bond donors (Lipinski definition) is 0. The van der Waals surface area contributed by atoms with Crippen LogP contribution in [0.3, 0.4) is 0 Å². The Morgan fingerprint density at radius 2 is 2.25 bits per heavy atom. The van der Waals surface area contributed by atoms with Gasteiger partial charge in [-0.3, -0.25) is 4.79 Å². The first kappa shape index (κ1) is 11.0. The highest BCUT2D eigenvalue weighted by molar-refractivity contribution is 5.73. The monoisotopic (exact) mass is 219 g/mol. The molecule has 4 heteroatoms. The lowest BCUT2D eigenvalue weighted by atomic mass is 9.96. The number of aldehydes is 1. The van der Waals surface area contributed by atoms with Crippen molar-refractivity contribution >= 4 is 12.2 Å². The largest absolute Gasteiger partial charge is 0.341 e. The molecule has 1 aromatic heterocycles. The maximum absolute atomic E-state index is 10.5. The molecule has 0 bridgehead atoms. The van der Waals surface area contributed by atoms with Crippen molar-refractivity contribution in [1.82, 2.24) is 9.97 Å². The van der Waals surface area contributed by atoms with E-state index in [0.717, 1.165) is 31.2 Å². The molecule has 0 spiro atoms. The van der Waals surface area contributed by atoms with Crippen LogP contribution in [-0.2, 0) is 0 Å². The van der Waals surface area contributed by atoms with Gasteiger partial charge in [-0.1, -0.05) is 13.3 Å². The summed E-state index contributed by atoms with van der Waals surface area (Å²) < 4.78 is 0. The maximum Gasteiger partial charge on any atom is 0.225 e. The van der Waals surface area contributed by atoms with Gasteiger partial charge < -0.3 is 4.90 Å². The normalized spacial score (nSPS) is 20.8. The number of carbonyl (C=O) groups excluding carboxylic acids is 1. The van der Waals surface area contributed by atoms with Crippen molar-refractivity contribution < 1.29 is 4.79 Å². The summed E-state index contributed by atoms with van der Waals surface area (Å²) in [4.78, 5) is 21.2. The molecule has 0 aromatic carbocycles. The van der Waals surface area contributed by atoms with Gasteiger partial charge in [0.2, 0.25) is 5.95 Å². The Hall–Kier alpha value is -1.45. The highest BCUT2D eigenvalue weighted by atomic mass is 16.1. The Bertz CT molecular complexity index is 350. The quantitative estimate of drug-likeness (QED) is 0.729. The van der Waals surface area contributed by atoms with Gasteiger partial charge in [-0.2, -0.15) is 0 Å². The van der Waals surface area contributed by atoms with Crippen LogP contribution in [0.15, 0.2) is 12.4 Å². The summed E-state index contributed by atoms with van der Waals surface area (Å²) in [7, 11) is 0. The highest BCUT2D eigenvalue weighted by Crippen LogP contribution is 2.21. The Morgan fingerprint density at radius 1 is 1.50 bits per heavy atom. The van der Waals surface area contributed by atoms with Crippen molar-refractivity contribution in [2.24, 2.45) is 5.92 Å². The molecule has 1 saturated heterocycles. The minimum absolute atomic E-state index is 0.535. The molecule has 1 aromatic rings. The van der Waals surface area contributed by atoms with Crippen LogP contribution in [0.4, 0.5) is 5.95 Å². The van der Waals surface area contributed by atoms with E-state index >= 15 is 0 Å². The lowest BCUT2D eigenvalue weighted by Crippen LogP contribution is -2.36. The van der Waals surface area contributed by atoms with Crippen LogP contribution in [0.25, 0.3) is 0 Å². The van der Waals surface area contributed by atoms with Gasteiger partial charge in [0.1, 0.15) is 0 Å². The van der Waals surface area contributed by atoms with E-state index in [1.807, 2.05) is 0 Å². The molecule has 0 saturated carbocycles. The van der Waals surface area contributed by atoms with Crippen LogP contribution in [0, 0.1) is 5.92 Å². The molecule has 0 radical (unpaired) electrons. The minimum atomic E-state index is 0.535. The smallest absolute Gasteiger partial charge is 0.225 e. The molecule has 1 atom stereocenters. The number of rotatable bonds is 3. The third-order valence-electron chi connectivity index (χ3n) is 3.17. The van der Waals surface area contributed by atoms with Gasteiger partial charge in [-0.05, 0) is 18.8 Å². The van der Waals surface area contributed by atoms with E-state index in [-0.39, 0.29) is 0 Å². The Morgan fingerprint density at radius 3 is 2.88 bits per heavy atom. The number of hydrogen-bond acceptors (Lipinski definition) is 4. The lowest BCUT2D eigenvalue weighted by Gasteiger charge is -2.32. The second kappa shape index (κ2) is 5.05. The van der Waals surface area contributed by atoms with Gasteiger partial charge in [0, 0.05) is 25.5 Å². The minimum Gasteiger partial charge on any atom is -0.341 e. The molecule has 1 aliphatic rings. The van der Waals surface area contributed by atoms with Crippen LogP contribution >= 0.6 is 0 Å². The SMILES string of the molecule is CCC1CCCN(c2ncc(C=O)cn2)C1. The van der Waals surface area contributed by atoms with Gasteiger partial charge in [-0.15, -0.1) is 0 Å². The second-order valence-electron chi connectivity index (χ2n) is 4.30. The summed E-state index contributed by atoms with van der Waals surface area (Å²) in [5, 5.41) is 0. The molecule has 0 amide bonds. The first-order chi connectivity index (χ1) is 7.83. The topological polar surface area (TPSA) is 46.1 Å². The van der Waals surface area contributed by atoms with Gasteiger partial charge >= 0.3 is 0 Å². The van der Waals surface area contributed by atoms with E-state index in [9.17, 15) is 4.79 Å². The van der Waals surface area contributed by atoms with Gasteiger partial charge in [0.25, 0.3) is 0 Å². The van der Waals surface area contributed by atoms with Crippen molar-refractivity contribution in [3.63, 3.8) is 0 Å². The summed E-state index contributed by atoms with van der Waals surface area (Å²) in [5.74, 6) is 1.51. The van der Waals surface area contributed by atoms with E-state index in [0.29, 0.717) is 5.56 Å². The van der Waals surface area contributed by atoms with Crippen molar-refractivity contribution in [3.05, 3.63) is 18.0 Å². The molecule has 2 heterocycles. The first-order valence-corrected chi connectivity index (χ1v) is 5.85. The van der Waals surface area contributed by atoms with Gasteiger partial charge in [0.15, 0.2) is 6.29 Å². The van der Waals surface area contributed by atoms with Gasteiger partial charge in [-0.25, -0.2) is 9.97 Å². The Balaban J connectivity index is 2.07. The summed E-state index contributed by atoms with van der Waals surface area (Å²) >= 11 is 0. The molecular formula is C12H17N3O. The molecule has 1 aliphatic heterocycles. The molecule has 0 aliphatic carbocycles. The van der Waals surface area contributed by atoms with Crippen molar-refractivity contribution in [2.75, 3.05) is 18.0 Å². The first-order valence-electron chi connectivity index (χ1n) is 5.85. The zero-order chi connectivity index (χ0) is 11.4. The van der Waals surface area contributed by atoms with E-state index in [1.165, 1.54) is 19.3 Å². The third-order valence-corrected chi connectivity index (χ3v) is 3.17. The standard InChI is InChI=1S/C12H17N3O/c1-2-10-4-3-5-15(8-10)12-13-6-11(9-16)7-14-12/h6-7,9-10H,2-5,8H2,1H3. The fraction of sp³-hybridized carbons (Fsp3) is 0.583. The summed E-state index contributed by atoms with van der Waals surface area (Å²) in [6, 6.07) is 0. The van der Waals surface area contributed by atoms with Crippen molar-refractivity contribution in [2.45, 2.75) is 26.2 Å².